The number of benzene rings is 2. The van der Waals surface area contributed by atoms with Gasteiger partial charge in [-0.05, 0) is 24.1 Å². The molecule has 0 aromatic heterocycles. The first-order valence-corrected chi connectivity index (χ1v) is 8.00. The van der Waals surface area contributed by atoms with Gasteiger partial charge in [0.25, 0.3) is 0 Å². The van der Waals surface area contributed by atoms with Gasteiger partial charge < -0.3 is 9.90 Å². The lowest BCUT2D eigenvalue weighted by atomic mass is 10.1. The molecule has 2 aromatic carbocycles. The zero-order chi connectivity index (χ0) is 17.0. The molecule has 0 bridgehead atoms. The lowest BCUT2D eigenvalue weighted by Gasteiger charge is -2.20. The average Bonchev–Trinajstić information content (AvgIpc) is 2.46. The summed E-state index contributed by atoms with van der Waals surface area (Å²) in [6, 6.07) is 8.57. The van der Waals surface area contributed by atoms with Gasteiger partial charge in [-0.1, -0.05) is 30.3 Å². The van der Waals surface area contributed by atoms with Crippen LogP contribution >= 0.6 is 0 Å². The minimum absolute atomic E-state index is 0.175. The summed E-state index contributed by atoms with van der Waals surface area (Å²) in [5.74, 6) is -3.91. The number of rotatable bonds is 6. The summed E-state index contributed by atoms with van der Waals surface area (Å²) in [6.45, 7) is 0. The molecule has 0 aliphatic rings. The van der Waals surface area contributed by atoms with Gasteiger partial charge in [-0.15, -0.1) is 0 Å². The molecular weight excluding hydrogens is 328 g/mol. The van der Waals surface area contributed by atoms with E-state index in [4.69, 9.17) is 0 Å². The number of hydrogen-bond acceptors (Lipinski definition) is 4. The van der Waals surface area contributed by atoms with Crippen LogP contribution in [0.1, 0.15) is 5.56 Å². The third-order valence-corrected chi connectivity index (χ3v) is 4.55. The lowest BCUT2D eigenvalue weighted by Crippen LogP contribution is -2.49. The van der Waals surface area contributed by atoms with Crippen LogP contribution in [-0.2, 0) is 21.2 Å². The van der Waals surface area contributed by atoms with Crippen LogP contribution in [-0.4, -0.2) is 20.4 Å². The van der Waals surface area contributed by atoms with E-state index in [9.17, 15) is 27.1 Å². The monoisotopic (exact) mass is 340 g/mol. The summed E-state index contributed by atoms with van der Waals surface area (Å²) >= 11 is 0. The predicted molar refractivity (Wildman–Crippen MR) is 75.6 cm³/mol. The Balaban J connectivity index is 2.26. The number of nitrogens with one attached hydrogen (secondary N) is 1. The number of carbonyl (C=O) groups is 1. The van der Waals surface area contributed by atoms with E-state index in [1.165, 1.54) is 0 Å². The first-order chi connectivity index (χ1) is 10.8. The number of carboxylic acid groups (broad SMARTS) is 1. The second-order valence-electron chi connectivity index (χ2n) is 4.76. The van der Waals surface area contributed by atoms with E-state index in [1.807, 2.05) is 4.72 Å². The van der Waals surface area contributed by atoms with Gasteiger partial charge >= 0.3 is 0 Å². The Kier molecular flexibility index (Phi) is 5.07. The van der Waals surface area contributed by atoms with Crippen LogP contribution < -0.4 is 9.83 Å². The maximum atomic E-state index is 13.6. The topological polar surface area (TPSA) is 86.3 Å². The van der Waals surface area contributed by atoms with Crippen LogP contribution in [0.25, 0.3) is 0 Å². The highest BCUT2D eigenvalue weighted by Gasteiger charge is 2.24. The van der Waals surface area contributed by atoms with Crippen molar-refractivity contribution in [1.29, 1.82) is 0 Å². The molecule has 8 heteroatoms. The molecule has 0 saturated carbocycles. The third-order valence-electron chi connectivity index (χ3n) is 3.05. The summed E-state index contributed by atoms with van der Waals surface area (Å²) in [6.07, 6.45) is -0.175. The standard InChI is InChI=1S/C15H13F2NO4S/c16-11-6-7-14(12(17)9-11)23(21,22)18-13(15(19)20)8-10-4-2-1-3-5-10/h1-7,9,13,18H,8H2,(H,19,20)/p-1/t13-/m1/s1. The second kappa shape index (κ2) is 6.84. The van der Waals surface area contributed by atoms with E-state index in [0.29, 0.717) is 11.6 Å². The molecule has 23 heavy (non-hydrogen) atoms. The van der Waals surface area contributed by atoms with Gasteiger partial charge in [-0.3, -0.25) is 0 Å². The first kappa shape index (κ1) is 17.0. The highest BCUT2D eigenvalue weighted by Crippen LogP contribution is 2.16. The van der Waals surface area contributed by atoms with Crippen molar-refractivity contribution >= 4 is 16.0 Å². The zero-order valence-electron chi connectivity index (χ0n) is 11.7. The SMILES string of the molecule is O=C([O-])[C@@H](Cc1ccccc1)NS(=O)(=O)c1ccc(F)cc1F. The first-order valence-electron chi connectivity index (χ1n) is 6.52. The lowest BCUT2D eigenvalue weighted by molar-refractivity contribution is -0.307. The number of carbonyl (C=O) groups excluding carboxylic acids is 1. The molecule has 5 nitrogen and oxygen atoms in total. The van der Waals surface area contributed by atoms with E-state index < -0.39 is 38.6 Å². The molecular formula is C15H12F2NO4S-. The van der Waals surface area contributed by atoms with Gasteiger partial charge in [0.1, 0.15) is 16.5 Å². The van der Waals surface area contributed by atoms with Crippen LogP contribution in [0.15, 0.2) is 53.4 Å². The second-order valence-corrected chi connectivity index (χ2v) is 6.44. The van der Waals surface area contributed by atoms with Gasteiger partial charge in [0, 0.05) is 6.07 Å². The average molecular weight is 340 g/mol. The van der Waals surface area contributed by atoms with Gasteiger partial charge in [0.2, 0.25) is 10.0 Å². The number of halogens is 2. The smallest absolute Gasteiger partial charge is 0.244 e. The molecule has 122 valence electrons. The predicted octanol–water partition coefficient (Wildman–Crippen LogP) is 0.604. The van der Waals surface area contributed by atoms with E-state index in [1.54, 1.807) is 30.3 Å². The molecule has 0 saturated heterocycles. The Bertz CT molecular complexity index is 809. The summed E-state index contributed by atoms with van der Waals surface area (Å²) < 4.78 is 52.5. The summed E-state index contributed by atoms with van der Waals surface area (Å²) in [7, 11) is -4.48. The number of sulfonamides is 1. The molecule has 0 unspecified atom stereocenters. The van der Waals surface area contributed by atoms with Gasteiger partial charge in [0.15, 0.2) is 0 Å². The minimum atomic E-state index is -4.48. The molecule has 0 spiro atoms. The van der Waals surface area contributed by atoms with Crippen molar-refractivity contribution < 1.29 is 27.1 Å². The quantitative estimate of drug-likeness (QED) is 0.834. The molecule has 2 aromatic rings. The molecule has 2 rings (SSSR count). The maximum Gasteiger partial charge on any atom is 0.244 e. The third kappa shape index (κ3) is 4.33. The Morgan fingerprint density at radius 3 is 2.35 bits per heavy atom. The normalized spacial score (nSPS) is 12.8. The van der Waals surface area contributed by atoms with Crippen molar-refractivity contribution in [3.8, 4) is 0 Å². The van der Waals surface area contributed by atoms with E-state index in [-0.39, 0.29) is 6.42 Å². The Hall–Kier alpha value is -2.32. The van der Waals surface area contributed by atoms with Crippen LogP contribution in [0.3, 0.4) is 0 Å². The van der Waals surface area contributed by atoms with Crippen molar-refractivity contribution in [2.45, 2.75) is 17.4 Å². The Labute approximate surface area is 131 Å². The zero-order valence-corrected chi connectivity index (χ0v) is 12.5. The highest BCUT2D eigenvalue weighted by atomic mass is 32.2. The number of carboxylic acids is 1. The van der Waals surface area contributed by atoms with Crippen LogP contribution in [0.5, 0.6) is 0 Å². The fourth-order valence-electron chi connectivity index (χ4n) is 1.97. The van der Waals surface area contributed by atoms with Crippen molar-refractivity contribution in [2.75, 3.05) is 0 Å². The van der Waals surface area contributed by atoms with Crippen molar-refractivity contribution in [2.24, 2.45) is 0 Å². The minimum Gasteiger partial charge on any atom is -0.548 e. The summed E-state index contributed by atoms with van der Waals surface area (Å²) in [4.78, 5) is 10.3. The molecule has 0 aliphatic carbocycles. The fraction of sp³-hybridized carbons (Fsp3) is 0.133. The van der Waals surface area contributed by atoms with Gasteiger partial charge in [-0.25, -0.2) is 21.9 Å². The fourth-order valence-corrected chi connectivity index (χ4v) is 3.21. The van der Waals surface area contributed by atoms with Crippen molar-refractivity contribution in [3.05, 3.63) is 65.7 Å². The summed E-state index contributed by atoms with van der Waals surface area (Å²) in [5, 5.41) is 11.2. The molecule has 0 aliphatic heterocycles. The van der Waals surface area contributed by atoms with Crippen LogP contribution in [0, 0.1) is 11.6 Å². The highest BCUT2D eigenvalue weighted by molar-refractivity contribution is 7.89. The summed E-state index contributed by atoms with van der Waals surface area (Å²) in [5.41, 5.74) is 0.559. The van der Waals surface area contributed by atoms with E-state index in [0.717, 1.165) is 12.1 Å². The molecule has 0 heterocycles. The number of hydrogen-bond donors (Lipinski definition) is 1. The van der Waals surface area contributed by atoms with Gasteiger partial charge in [-0.2, -0.15) is 0 Å². The van der Waals surface area contributed by atoms with Gasteiger partial charge in [0.05, 0.1) is 12.0 Å². The van der Waals surface area contributed by atoms with Crippen molar-refractivity contribution in [3.63, 3.8) is 0 Å². The van der Waals surface area contributed by atoms with E-state index in [2.05, 4.69) is 0 Å². The Morgan fingerprint density at radius 1 is 1.13 bits per heavy atom. The maximum absolute atomic E-state index is 13.6. The molecule has 0 fully saturated rings. The molecule has 1 N–H and O–H groups in total. The van der Waals surface area contributed by atoms with E-state index >= 15 is 0 Å². The molecule has 0 amide bonds. The van der Waals surface area contributed by atoms with Crippen molar-refractivity contribution in [1.82, 2.24) is 4.72 Å². The van der Waals surface area contributed by atoms with Crippen LogP contribution in [0.2, 0.25) is 0 Å². The Morgan fingerprint density at radius 2 is 1.78 bits per heavy atom. The number of aliphatic carboxylic acids is 1. The largest absolute Gasteiger partial charge is 0.548 e. The molecule has 0 radical (unpaired) electrons. The molecule has 1 atom stereocenters. The van der Waals surface area contributed by atoms with Crippen LogP contribution in [0.4, 0.5) is 8.78 Å².